The lowest BCUT2D eigenvalue weighted by Gasteiger charge is -2.27. The standard InChI is InChI=1S/C19H21N7/c1-19(2)6-3-4-17(19)26-11-14(10-23-26)18-16-5-7-22-25(16)12-15(24-18)13-8-20-21-9-13/h5,7-12,17H,3-4,6H2,1-2H3,(H,20,21)/t17-/m0/s1. The summed E-state index contributed by atoms with van der Waals surface area (Å²) in [6.07, 6.45) is 15.1. The molecule has 4 aromatic rings. The normalized spacial score (nSPS) is 19.4. The maximum absolute atomic E-state index is 4.89. The van der Waals surface area contributed by atoms with E-state index in [0.29, 0.717) is 6.04 Å². The van der Waals surface area contributed by atoms with Crippen molar-refractivity contribution in [2.24, 2.45) is 5.41 Å². The number of hydrogen-bond acceptors (Lipinski definition) is 4. The van der Waals surface area contributed by atoms with Gasteiger partial charge in [0, 0.05) is 23.5 Å². The van der Waals surface area contributed by atoms with Crippen LogP contribution in [-0.2, 0) is 0 Å². The van der Waals surface area contributed by atoms with Crippen molar-refractivity contribution < 1.29 is 0 Å². The highest BCUT2D eigenvalue weighted by atomic mass is 15.3. The van der Waals surface area contributed by atoms with Crippen molar-refractivity contribution >= 4 is 5.52 Å². The van der Waals surface area contributed by atoms with E-state index >= 15 is 0 Å². The van der Waals surface area contributed by atoms with Crippen LogP contribution in [0.3, 0.4) is 0 Å². The SMILES string of the molecule is CC1(C)CCC[C@@H]1n1cc(-c2nc(-c3cn[nH]c3)cn3nccc23)cn1. The van der Waals surface area contributed by atoms with Crippen molar-refractivity contribution in [3.63, 3.8) is 0 Å². The topological polar surface area (TPSA) is 76.7 Å². The average molecular weight is 347 g/mol. The number of rotatable bonds is 3. The molecule has 4 heterocycles. The summed E-state index contributed by atoms with van der Waals surface area (Å²) < 4.78 is 3.99. The van der Waals surface area contributed by atoms with Crippen LogP contribution in [-0.4, -0.2) is 34.6 Å². The Hall–Kier alpha value is -2.96. The van der Waals surface area contributed by atoms with Crippen molar-refractivity contribution in [3.05, 3.63) is 43.2 Å². The molecule has 7 nitrogen and oxygen atoms in total. The smallest absolute Gasteiger partial charge is 0.0999 e. The summed E-state index contributed by atoms with van der Waals surface area (Å²) in [6.45, 7) is 4.66. The molecule has 1 atom stereocenters. The van der Waals surface area contributed by atoms with Gasteiger partial charge in [-0.25, -0.2) is 9.50 Å². The molecule has 26 heavy (non-hydrogen) atoms. The summed E-state index contributed by atoms with van der Waals surface area (Å²) in [6, 6.07) is 2.42. The summed E-state index contributed by atoms with van der Waals surface area (Å²) in [4.78, 5) is 4.89. The second kappa shape index (κ2) is 5.52. The monoisotopic (exact) mass is 347 g/mol. The van der Waals surface area contributed by atoms with Gasteiger partial charge in [0.2, 0.25) is 0 Å². The lowest BCUT2D eigenvalue weighted by Crippen LogP contribution is -2.21. The van der Waals surface area contributed by atoms with Gasteiger partial charge in [-0.1, -0.05) is 20.3 Å². The van der Waals surface area contributed by atoms with E-state index in [2.05, 4.69) is 45.1 Å². The Balaban J connectivity index is 1.62. The molecule has 0 spiro atoms. The van der Waals surface area contributed by atoms with Crippen LogP contribution in [0.25, 0.3) is 28.0 Å². The van der Waals surface area contributed by atoms with Crippen molar-refractivity contribution in [1.82, 2.24) is 34.6 Å². The maximum Gasteiger partial charge on any atom is 0.0999 e. The molecule has 0 bridgehead atoms. The fraction of sp³-hybridized carbons (Fsp3) is 0.368. The van der Waals surface area contributed by atoms with E-state index in [1.54, 1.807) is 12.4 Å². The zero-order valence-corrected chi connectivity index (χ0v) is 14.9. The minimum Gasteiger partial charge on any atom is -0.285 e. The molecule has 0 unspecified atom stereocenters. The lowest BCUT2D eigenvalue weighted by molar-refractivity contribution is 0.243. The Kier molecular flexibility index (Phi) is 3.25. The van der Waals surface area contributed by atoms with Gasteiger partial charge in [-0.2, -0.15) is 15.3 Å². The van der Waals surface area contributed by atoms with E-state index in [9.17, 15) is 0 Å². The molecule has 5 rings (SSSR count). The lowest BCUT2D eigenvalue weighted by atomic mass is 9.87. The summed E-state index contributed by atoms with van der Waals surface area (Å²) in [5.74, 6) is 0. The molecular weight excluding hydrogens is 326 g/mol. The molecule has 1 fully saturated rings. The van der Waals surface area contributed by atoms with Crippen molar-refractivity contribution in [2.45, 2.75) is 39.2 Å². The summed E-state index contributed by atoms with van der Waals surface area (Å²) in [7, 11) is 0. The first-order valence-electron chi connectivity index (χ1n) is 9.00. The number of fused-ring (bicyclic) bond motifs is 1. The molecule has 0 aromatic carbocycles. The van der Waals surface area contributed by atoms with Crippen molar-refractivity contribution in [2.75, 3.05) is 0 Å². The van der Waals surface area contributed by atoms with Gasteiger partial charge >= 0.3 is 0 Å². The van der Waals surface area contributed by atoms with E-state index in [1.807, 2.05) is 29.2 Å². The fourth-order valence-electron chi connectivity index (χ4n) is 4.10. The molecule has 0 amide bonds. The van der Waals surface area contributed by atoms with Crippen molar-refractivity contribution in [3.8, 4) is 22.5 Å². The van der Waals surface area contributed by atoms with Crippen LogP contribution in [0.5, 0.6) is 0 Å². The number of hydrogen-bond donors (Lipinski definition) is 1. The molecule has 7 heteroatoms. The Morgan fingerprint density at radius 2 is 2.08 bits per heavy atom. The van der Waals surface area contributed by atoms with Gasteiger partial charge in [-0.3, -0.25) is 9.78 Å². The quantitative estimate of drug-likeness (QED) is 0.612. The number of nitrogens with one attached hydrogen (secondary N) is 1. The van der Waals surface area contributed by atoms with Gasteiger partial charge in [0.15, 0.2) is 0 Å². The highest BCUT2D eigenvalue weighted by molar-refractivity contribution is 5.78. The number of aromatic amines is 1. The van der Waals surface area contributed by atoms with Crippen LogP contribution < -0.4 is 0 Å². The van der Waals surface area contributed by atoms with Crippen LogP contribution in [0.15, 0.2) is 43.2 Å². The molecule has 1 aliphatic rings. The van der Waals surface area contributed by atoms with Crippen LogP contribution in [0.1, 0.15) is 39.2 Å². The maximum atomic E-state index is 4.89. The molecule has 132 valence electrons. The highest BCUT2D eigenvalue weighted by Crippen LogP contribution is 2.45. The van der Waals surface area contributed by atoms with Gasteiger partial charge < -0.3 is 0 Å². The van der Waals surface area contributed by atoms with Gasteiger partial charge in [0.1, 0.15) is 0 Å². The summed E-state index contributed by atoms with van der Waals surface area (Å²) in [5, 5.41) is 16.0. The largest absolute Gasteiger partial charge is 0.285 e. The first kappa shape index (κ1) is 15.3. The number of nitrogens with zero attached hydrogens (tertiary/aromatic N) is 6. The molecule has 1 aliphatic carbocycles. The zero-order valence-electron chi connectivity index (χ0n) is 14.9. The first-order valence-corrected chi connectivity index (χ1v) is 9.00. The molecule has 0 saturated heterocycles. The Bertz CT molecular complexity index is 1050. The average Bonchev–Trinajstić information content (AvgIpc) is 3.40. The van der Waals surface area contributed by atoms with Crippen LogP contribution >= 0.6 is 0 Å². The minimum atomic E-state index is 0.279. The molecule has 4 aromatic heterocycles. The van der Waals surface area contributed by atoms with Gasteiger partial charge in [0.05, 0.1) is 47.7 Å². The van der Waals surface area contributed by atoms with E-state index in [0.717, 1.165) is 28.0 Å². The van der Waals surface area contributed by atoms with Crippen LogP contribution in [0, 0.1) is 5.41 Å². The Morgan fingerprint density at radius 3 is 2.85 bits per heavy atom. The zero-order chi connectivity index (χ0) is 17.7. The third-order valence-corrected chi connectivity index (χ3v) is 5.58. The molecule has 1 saturated carbocycles. The second-order valence-corrected chi connectivity index (χ2v) is 7.73. The van der Waals surface area contributed by atoms with E-state index in [4.69, 9.17) is 4.98 Å². The molecular formula is C19H21N7. The minimum absolute atomic E-state index is 0.279. The highest BCUT2D eigenvalue weighted by Gasteiger charge is 2.36. The van der Waals surface area contributed by atoms with Gasteiger partial charge in [0.25, 0.3) is 0 Å². The predicted octanol–water partition coefficient (Wildman–Crippen LogP) is 3.73. The van der Waals surface area contributed by atoms with E-state index in [1.165, 1.54) is 19.3 Å². The summed E-state index contributed by atoms with van der Waals surface area (Å²) >= 11 is 0. The predicted molar refractivity (Wildman–Crippen MR) is 98.5 cm³/mol. The van der Waals surface area contributed by atoms with E-state index in [-0.39, 0.29) is 5.41 Å². The third-order valence-electron chi connectivity index (χ3n) is 5.58. The molecule has 0 aliphatic heterocycles. The van der Waals surface area contributed by atoms with Crippen LogP contribution in [0.4, 0.5) is 0 Å². The Labute approximate surface area is 151 Å². The Morgan fingerprint density at radius 1 is 1.15 bits per heavy atom. The number of aromatic nitrogens is 7. The second-order valence-electron chi connectivity index (χ2n) is 7.73. The van der Waals surface area contributed by atoms with Crippen molar-refractivity contribution in [1.29, 1.82) is 0 Å². The molecule has 1 N–H and O–H groups in total. The fourth-order valence-corrected chi connectivity index (χ4v) is 4.10. The summed E-state index contributed by atoms with van der Waals surface area (Å²) in [5.41, 5.74) is 4.93. The third kappa shape index (κ3) is 2.34. The molecule has 0 radical (unpaired) electrons. The van der Waals surface area contributed by atoms with E-state index < -0.39 is 0 Å². The van der Waals surface area contributed by atoms with Gasteiger partial charge in [-0.15, -0.1) is 0 Å². The number of H-pyrrole nitrogens is 1. The van der Waals surface area contributed by atoms with Crippen LogP contribution in [0.2, 0.25) is 0 Å². The van der Waals surface area contributed by atoms with Gasteiger partial charge in [-0.05, 0) is 24.3 Å². The first-order chi connectivity index (χ1) is 12.6.